The number of fused-ring (bicyclic) bond motifs is 1. The number of rotatable bonds is 10. The predicted molar refractivity (Wildman–Crippen MR) is 171 cm³/mol. The van der Waals surface area contributed by atoms with Crippen molar-refractivity contribution >= 4 is 34.8 Å². The van der Waals surface area contributed by atoms with Gasteiger partial charge in [-0.25, -0.2) is 0 Å². The van der Waals surface area contributed by atoms with Crippen molar-refractivity contribution in [2.24, 2.45) is 11.8 Å². The number of nitrogens with zero attached hydrogens (tertiary/aromatic N) is 2. The van der Waals surface area contributed by atoms with Crippen molar-refractivity contribution in [3.8, 4) is 5.75 Å². The number of para-hydroxylation sites is 3. The van der Waals surface area contributed by atoms with Crippen LogP contribution in [0.1, 0.15) is 53.0 Å². The van der Waals surface area contributed by atoms with Crippen LogP contribution in [0.5, 0.6) is 5.75 Å². The zero-order valence-corrected chi connectivity index (χ0v) is 25.5. The average Bonchev–Trinajstić information content (AvgIpc) is 3.86. The van der Waals surface area contributed by atoms with E-state index in [4.69, 9.17) is 10.5 Å². The fraction of sp³-hybridized carbons (Fsp3) is 0.382. The molecule has 2 aliphatic rings. The van der Waals surface area contributed by atoms with Gasteiger partial charge in [0.25, 0.3) is 11.8 Å². The molecule has 3 aromatic carbocycles. The van der Waals surface area contributed by atoms with Crippen LogP contribution in [0.2, 0.25) is 0 Å². The number of likely N-dealkylation sites (N-methyl/N-ethyl adjacent to an activating group) is 1. The van der Waals surface area contributed by atoms with Gasteiger partial charge >= 0.3 is 0 Å². The van der Waals surface area contributed by atoms with Gasteiger partial charge in [-0.1, -0.05) is 37.3 Å². The van der Waals surface area contributed by atoms with Gasteiger partial charge < -0.3 is 31.1 Å². The number of nitrogens with one attached hydrogen (secondary N) is 2. The lowest BCUT2D eigenvalue weighted by molar-refractivity contribution is -0.117. The molecule has 0 spiro atoms. The van der Waals surface area contributed by atoms with Crippen LogP contribution in [-0.2, 0) is 11.3 Å². The lowest BCUT2D eigenvalue weighted by atomic mass is 9.98. The van der Waals surface area contributed by atoms with E-state index < -0.39 is 0 Å². The Kier molecular flexibility index (Phi) is 9.51. The number of amides is 3. The molecule has 5 rings (SSSR count). The molecule has 3 amide bonds. The van der Waals surface area contributed by atoms with Crippen molar-refractivity contribution in [1.29, 1.82) is 0 Å². The summed E-state index contributed by atoms with van der Waals surface area (Å²) >= 11 is 0. The molecule has 44 heavy (non-hydrogen) atoms. The first-order chi connectivity index (χ1) is 21.1. The van der Waals surface area contributed by atoms with Gasteiger partial charge in [0.05, 0.1) is 35.3 Å². The van der Waals surface area contributed by atoms with E-state index in [0.717, 1.165) is 18.4 Å². The fourth-order valence-electron chi connectivity index (χ4n) is 5.39. The minimum absolute atomic E-state index is 0.00388. The highest BCUT2D eigenvalue weighted by atomic mass is 16.5. The van der Waals surface area contributed by atoms with Gasteiger partial charge in [-0.2, -0.15) is 0 Å². The molecule has 1 heterocycles. The maximum atomic E-state index is 13.7. The smallest absolute Gasteiger partial charge is 0.258 e. The number of carbonyl (C=O) groups is 3. The third kappa shape index (κ3) is 7.20. The third-order valence-electron chi connectivity index (χ3n) is 8.27. The molecule has 0 aromatic heterocycles. The average molecular weight is 600 g/mol. The Morgan fingerprint density at radius 1 is 1.05 bits per heavy atom. The number of carbonyl (C=O) groups excluding carboxylic acids is 3. The first kappa shape index (κ1) is 31.0. The summed E-state index contributed by atoms with van der Waals surface area (Å²) in [6.07, 6.45) is 1.40. The molecular formula is C34H41N5O5. The lowest BCUT2D eigenvalue weighted by Gasteiger charge is -2.38. The van der Waals surface area contributed by atoms with E-state index in [2.05, 4.69) is 15.5 Å². The van der Waals surface area contributed by atoms with E-state index >= 15 is 0 Å². The first-order valence-electron chi connectivity index (χ1n) is 15.1. The van der Waals surface area contributed by atoms with Gasteiger partial charge in [-0.15, -0.1) is 0 Å². The summed E-state index contributed by atoms with van der Waals surface area (Å²) in [6.45, 7) is 5.24. The van der Waals surface area contributed by atoms with E-state index in [0.29, 0.717) is 53.6 Å². The zero-order valence-electron chi connectivity index (χ0n) is 25.5. The van der Waals surface area contributed by atoms with Crippen LogP contribution in [0.3, 0.4) is 0 Å². The number of aliphatic hydroxyl groups excluding tert-OH is 1. The molecule has 232 valence electrons. The molecule has 0 unspecified atom stereocenters. The summed E-state index contributed by atoms with van der Waals surface area (Å²) in [5, 5.41) is 15.8. The van der Waals surface area contributed by atoms with E-state index in [-0.39, 0.29) is 48.3 Å². The summed E-state index contributed by atoms with van der Waals surface area (Å²) in [4.78, 5) is 42.9. The molecule has 0 radical (unpaired) electrons. The van der Waals surface area contributed by atoms with Gasteiger partial charge in [0.1, 0.15) is 6.10 Å². The second kappa shape index (κ2) is 13.5. The Hall–Kier alpha value is -4.41. The quantitative estimate of drug-likeness (QED) is 0.256. The van der Waals surface area contributed by atoms with Crippen LogP contribution in [0.4, 0.5) is 17.1 Å². The fourth-order valence-corrected chi connectivity index (χ4v) is 5.39. The predicted octanol–water partition coefficient (Wildman–Crippen LogP) is 4.22. The number of benzene rings is 3. The SMILES string of the molecule is C[C@@H]1CN([C@@H](C)CO)C(=O)c2cccc(NC(=O)C3CC3)c2O[C@@H]1CN(C)Cc1ccc(C(=O)Nc2ccccc2N)cc1. The summed E-state index contributed by atoms with van der Waals surface area (Å²) < 4.78 is 6.61. The number of hydrogen-bond donors (Lipinski definition) is 4. The Morgan fingerprint density at radius 3 is 2.43 bits per heavy atom. The molecule has 10 nitrogen and oxygen atoms in total. The Bertz CT molecular complexity index is 1510. The Morgan fingerprint density at radius 2 is 1.75 bits per heavy atom. The molecule has 0 saturated heterocycles. The van der Waals surface area contributed by atoms with Crippen LogP contribution in [0, 0.1) is 11.8 Å². The van der Waals surface area contributed by atoms with E-state index in [9.17, 15) is 19.5 Å². The van der Waals surface area contributed by atoms with Gasteiger partial charge in [0.2, 0.25) is 5.91 Å². The van der Waals surface area contributed by atoms with Crippen LogP contribution in [0.25, 0.3) is 0 Å². The summed E-state index contributed by atoms with van der Waals surface area (Å²) in [6, 6.07) is 19.4. The number of aliphatic hydroxyl groups is 1. The van der Waals surface area contributed by atoms with Crippen LogP contribution >= 0.6 is 0 Å². The standard InChI is InChI=1S/C34H41N5O5/c1-21-17-39(22(2)20-40)34(43)26-7-6-10-29(37-33(42)25-15-16-25)31(26)44-30(21)19-38(3)18-23-11-13-24(14-12-23)32(41)36-28-9-5-4-8-27(28)35/h4-14,21-22,25,30,40H,15-20,35H2,1-3H3,(H,36,41)(H,37,42)/t21-,22+,30-/m1/s1. The molecule has 0 bridgehead atoms. The summed E-state index contributed by atoms with van der Waals surface area (Å²) in [5.41, 5.74) is 9.42. The molecule has 1 fully saturated rings. The topological polar surface area (TPSA) is 137 Å². The minimum Gasteiger partial charge on any atom is -0.486 e. The molecule has 3 atom stereocenters. The highest BCUT2D eigenvalue weighted by Crippen LogP contribution is 2.37. The third-order valence-corrected chi connectivity index (χ3v) is 8.27. The highest BCUT2D eigenvalue weighted by molar-refractivity contribution is 6.05. The summed E-state index contributed by atoms with van der Waals surface area (Å²) in [7, 11) is 1.99. The van der Waals surface area contributed by atoms with Crippen LogP contribution in [0.15, 0.2) is 66.7 Å². The van der Waals surface area contributed by atoms with Crippen molar-refractivity contribution in [1.82, 2.24) is 9.80 Å². The largest absolute Gasteiger partial charge is 0.486 e. The molecule has 5 N–H and O–H groups in total. The summed E-state index contributed by atoms with van der Waals surface area (Å²) in [5.74, 6) is -0.256. The molecule has 3 aromatic rings. The molecule has 1 saturated carbocycles. The second-order valence-electron chi connectivity index (χ2n) is 12.0. The van der Waals surface area contributed by atoms with E-state index in [1.807, 2.05) is 45.2 Å². The van der Waals surface area contributed by atoms with Gasteiger partial charge in [0, 0.05) is 37.0 Å². The van der Waals surface area contributed by atoms with Crippen LogP contribution in [-0.4, -0.2) is 71.5 Å². The number of ether oxygens (including phenoxy) is 1. The number of hydrogen-bond acceptors (Lipinski definition) is 7. The molecular weight excluding hydrogens is 558 g/mol. The lowest BCUT2D eigenvalue weighted by Crippen LogP contribution is -2.49. The highest BCUT2D eigenvalue weighted by Gasteiger charge is 2.36. The molecule has 1 aliphatic carbocycles. The molecule has 10 heteroatoms. The maximum Gasteiger partial charge on any atom is 0.258 e. The van der Waals surface area contributed by atoms with Gasteiger partial charge in [-0.3, -0.25) is 19.3 Å². The van der Waals surface area contributed by atoms with Crippen molar-refractivity contribution in [2.45, 2.75) is 45.4 Å². The van der Waals surface area contributed by atoms with Crippen molar-refractivity contribution in [3.05, 3.63) is 83.4 Å². The van der Waals surface area contributed by atoms with Crippen molar-refractivity contribution in [2.75, 3.05) is 43.1 Å². The maximum absolute atomic E-state index is 13.7. The van der Waals surface area contributed by atoms with Crippen molar-refractivity contribution < 1.29 is 24.2 Å². The number of nitrogen functional groups attached to an aromatic ring is 1. The number of anilines is 3. The monoisotopic (exact) mass is 599 g/mol. The van der Waals surface area contributed by atoms with E-state index in [1.165, 1.54) is 0 Å². The molecule has 1 aliphatic heterocycles. The van der Waals surface area contributed by atoms with Gasteiger partial charge in [0.15, 0.2) is 5.75 Å². The second-order valence-corrected chi connectivity index (χ2v) is 12.0. The van der Waals surface area contributed by atoms with E-state index in [1.54, 1.807) is 47.4 Å². The minimum atomic E-state index is -0.381. The Balaban J connectivity index is 1.31. The van der Waals surface area contributed by atoms with Crippen molar-refractivity contribution in [3.63, 3.8) is 0 Å². The first-order valence-corrected chi connectivity index (χ1v) is 15.1. The number of nitrogens with two attached hydrogens (primary N) is 1. The van der Waals surface area contributed by atoms with Gasteiger partial charge in [-0.05, 0) is 68.8 Å². The normalized spacial score (nSPS) is 18.9. The Labute approximate surface area is 258 Å². The van der Waals surface area contributed by atoms with Crippen LogP contribution < -0.4 is 21.1 Å². The zero-order chi connectivity index (χ0) is 31.4.